The van der Waals surface area contributed by atoms with Crippen LogP contribution in [0.2, 0.25) is 0 Å². The van der Waals surface area contributed by atoms with Crippen LogP contribution in [0, 0.1) is 6.92 Å². The molecule has 2 aromatic rings. The Bertz CT molecular complexity index is 492. The maximum absolute atomic E-state index is 2.24. The van der Waals surface area contributed by atoms with Crippen molar-refractivity contribution < 1.29 is 0 Å². The second-order valence-electron chi connectivity index (χ2n) is 4.05. The molecule has 80 valence electrons. The van der Waals surface area contributed by atoms with E-state index < -0.39 is 0 Å². The van der Waals surface area contributed by atoms with Gasteiger partial charge in [0.2, 0.25) is 0 Å². The van der Waals surface area contributed by atoms with Crippen molar-refractivity contribution in [1.82, 2.24) is 0 Å². The van der Waals surface area contributed by atoms with Crippen molar-refractivity contribution in [1.29, 1.82) is 0 Å². The van der Waals surface area contributed by atoms with Crippen LogP contribution in [0.25, 0.3) is 11.6 Å². The van der Waals surface area contributed by atoms with E-state index in [1.165, 1.54) is 22.3 Å². The molecule has 0 amide bonds. The van der Waals surface area contributed by atoms with Gasteiger partial charge in [-0.1, -0.05) is 60.7 Å². The molecule has 2 rings (SSSR count). The van der Waals surface area contributed by atoms with Crippen molar-refractivity contribution in [2.75, 3.05) is 0 Å². The Labute approximate surface area is 97.3 Å². The van der Waals surface area contributed by atoms with Gasteiger partial charge in [-0.3, -0.25) is 0 Å². The molecule has 0 bridgehead atoms. The molecule has 0 aliphatic carbocycles. The van der Waals surface area contributed by atoms with E-state index >= 15 is 0 Å². The highest BCUT2D eigenvalue weighted by atomic mass is 14.0. The molecule has 0 radical (unpaired) electrons. The van der Waals surface area contributed by atoms with Gasteiger partial charge in [0.15, 0.2) is 0 Å². The summed E-state index contributed by atoms with van der Waals surface area (Å²) in [5.74, 6) is 0. The molecule has 0 aromatic heterocycles. The molecule has 0 unspecified atom stereocenters. The van der Waals surface area contributed by atoms with E-state index in [1.54, 1.807) is 0 Å². The Morgan fingerprint density at radius 3 is 2.19 bits per heavy atom. The van der Waals surface area contributed by atoms with Crippen LogP contribution in [-0.2, 0) is 0 Å². The van der Waals surface area contributed by atoms with Gasteiger partial charge in [0.1, 0.15) is 0 Å². The lowest BCUT2D eigenvalue weighted by atomic mass is 10.0. The Morgan fingerprint density at radius 1 is 0.875 bits per heavy atom. The first-order valence-electron chi connectivity index (χ1n) is 5.57. The second kappa shape index (κ2) is 4.80. The molecular formula is C16H16. The molecule has 2 aromatic carbocycles. The van der Waals surface area contributed by atoms with Crippen LogP contribution in [0.3, 0.4) is 0 Å². The SMILES string of the molecule is C/C(=C\c1ccccc1C)c1ccccc1. The molecule has 0 fully saturated rings. The number of allylic oxidation sites excluding steroid dienone is 1. The lowest BCUT2D eigenvalue weighted by molar-refractivity contribution is 1.44. The number of hydrogen-bond acceptors (Lipinski definition) is 0. The fourth-order valence-corrected chi connectivity index (χ4v) is 1.77. The summed E-state index contributed by atoms with van der Waals surface area (Å²) < 4.78 is 0. The van der Waals surface area contributed by atoms with E-state index in [9.17, 15) is 0 Å². The molecule has 0 saturated carbocycles. The average Bonchev–Trinajstić information content (AvgIpc) is 2.33. The zero-order chi connectivity index (χ0) is 11.4. The Morgan fingerprint density at radius 2 is 1.50 bits per heavy atom. The van der Waals surface area contributed by atoms with Crippen molar-refractivity contribution >= 4 is 11.6 Å². The third-order valence-corrected chi connectivity index (χ3v) is 2.79. The molecule has 0 spiro atoms. The summed E-state index contributed by atoms with van der Waals surface area (Å²) in [6.07, 6.45) is 2.24. The summed E-state index contributed by atoms with van der Waals surface area (Å²) in [7, 11) is 0. The zero-order valence-corrected chi connectivity index (χ0v) is 9.77. The number of hydrogen-bond donors (Lipinski definition) is 0. The quantitative estimate of drug-likeness (QED) is 0.635. The van der Waals surface area contributed by atoms with Gasteiger partial charge < -0.3 is 0 Å². The van der Waals surface area contributed by atoms with Crippen molar-refractivity contribution in [2.24, 2.45) is 0 Å². The van der Waals surface area contributed by atoms with Crippen LogP contribution in [0.15, 0.2) is 54.6 Å². The first-order valence-corrected chi connectivity index (χ1v) is 5.57. The summed E-state index contributed by atoms with van der Waals surface area (Å²) in [4.78, 5) is 0. The topological polar surface area (TPSA) is 0 Å². The van der Waals surface area contributed by atoms with Crippen LogP contribution >= 0.6 is 0 Å². The minimum atomic E-state index is 1.28. The molecule has 0 aliphatic heterocycles. The van der Waals surface area contributed by atoms with Gasteiger partial charge in [0, 0.05) is 0 Å². The van der Waals surface area contributed by atoms with Gasteiger partial charge in [-0.05, 0) is 36.1 Å². The first kappa shape index (κ1) is 10.7. The number of benzene rings is 2. The molecular weight excluding hydrogens is 192 g/mol. The molecule has 0 heterocycles. The predicted molar refractivity (Wildman–Crippen MR) is 71.2 cm³/mol. The molecule has 0 saturated heterocycles. The lowest BCUT2D eigenvalue weighted by Gasteiger charge is -2.03. The Kier molecular flexibility index (Phi) is 3.21. The maximum atomic E-state index is 2.24. The van der Waals surface area contributed by atoms with Crippen LogP contribution in [0.5, 0.6) is 0 Å². The van der Waals surface area contributed by atoms with E-state index in [4.69, 9.17) is 0 Å². The van der Waals surface area contributed by atoms with E-state index in [2.05, 4.69) is 68.5 Å². The van der Waals surface area contributed by atoms with Gasteiger partial charge in [0.25, 0.3) is 0 Å². The summed E-state index contributed by atoms with van der Waals surface area (Å²) in [6, 6.07) is 18.9. The van der Waals surface area contributed by atoms with E-state index in [1.807, 2.05) is 6.07 Å². The van der Waals surface area contributed by atoms with Crippen LogP contribution in [0.1, 0.15) is 23.6 Å². The van der Waals surface area contributed by atoms with Crippen molar-refractivity contribution in [2.45, 2.75) is 13.8 Å². The summed E-state index contributed by atoms with van der Waals surface area (Å²) in [5, 5.41) is 0. The molecule has 16 heavy (non-hydrogen) atoms. The molecule has 0 N–H and O–H groups in total. The molecule has 0 heteroatoms. The summed E-state index contributed by atoms with van der Waals surface area (Å²) in [5.41, 5.74) is 5.20. The van der Waals surface area contributed by atoms with Gasteiger partial charge >= 0.3 is 0 Å². The van der Waals surface area contributed by atoms with Gasteiger partial charge in [0.05, 0.1) is 0 Å². The summed E-state index contributed by atoms with van der Waals surface area (Å²) >= 11 is 0. The van der Waals surface area contributed by atoms with Gasteiger partial charge in [-0.2, -0.15) is 0 Å². The predicted octanol–water partition coefficient (Wildman–Crippen LogP) is 4.56. The normalized spacial score (nSPS) is 11.5. The van der Waals surface area contributed by atoms with Crippen LogP contribution in [-0.4, -0.2) is 0 Å². The highest BCUT2D eigenvalue weighted by molar-refractivity contribution is 5.80. The zero-order valence-electron chi connectivity index (χ0n) is 9.77. The van der Waals surface area contributed by atoms with E-state index in [0.29, 0.717) is 0 Å². The third-order valence-electron chi connectivity index (χ3n) is 2.79. The number of aryl methyl sites for hydroxylation is 1. The van der Waals surface area contributed by atoms with Gasteiger partial charge in [-0.25, -0.2) is 0 Å². The fraction of sp³-hybridized carbons (Fsp3) is 0.125. The fourth-order valence-electron chi connectivity index (χ4n) is 1.77. The second-order valence-corrected chi connectivity index (χ2v) is 4.05. The lowest BCUT2D eigenvalue weighted by Crippen LogP contribution is -1.82. The highest BCUT2D eigenvalue weighted by Crippen LogP contribution is 2.18. The standard InChI is InChI=1S/C16H16/c1-13-8-6-7-11-16(13)12-14(2)15-9-4-3-5-10-15/h3-12H,1-2H3/b14-12+. The van der Waals surface area contributed by atoms with Crippen molar-refractivity contribution in [3.63, 3.8) is 0 Å². The smallest absolute Gasteiger partial charge is 0.0225 e. The van der Waals surface area contributed by atoms with Crippen molar-refractivity contribution in [3.8, 4) is 0 Å². The van der Waals surface area contributed by atoms with Crippen LogP contribution < -0.4 is 0 Å². The van der Waals surface area contributed by atoms with E-state index in [0.717, 1.165) is 0 Å². The number of rotatable bonds is 2. The highest BCUT2D eigenvalue weighted by Gasteiger charge is 1.96. The average molecular weight is 208 g/mol. The molecule has 0 atom stereocenters. The van der Waals surface area contributed by atoms with Crippen LogP contribution in [0.4, 0.5) is 0 Å². The van der Waals surface area contributed by atoms with E-state index in [-0.39, 0.29) is 0 Å². The van der Waals surface area contributed by atoms with Gasteiger partial charge in [-0.15, -0.1) is 0 Å². The monoisotopic (exact) mass is 208 g/mol. The minimum absolute atomic E-state index is 1.28. The Hall–Kier alpha value is -1.82. The first-order chi connectivity index (χ1) is 7.77. The minimum Gasteiger partial charge on any atom is -0.0622 e. The maximum Gasteiger partial charge on any atom is -0.0225 e. The molecule has 0 nitrogen and oxygen atoms in total. The largest absolute Gasteiger partial charge is 0.0622 e. The Balaban J connectivity index is 2.36. The third kappa shape index (κ3) is 2.40. The summed E-state index contributed by atoms with van der Waals surface area (Å²) in [6.45, 7) is 4.30. The van der Waals surface area contributed by atoms with Crippen molar-refractivity contribution in [3.05, 3.63) is 71.3 Å². The molecule has 0 aliphatic rings.